The van der Waals surface area contributed by atoms with Gasteiger partial charge in [-0.1, -0.05) is 18.5 Å². The molecular weight excluding hydrogens is 114 g/mol. The molecule has 2 heteroatoms. The molecule has 1 aliphatic carbocycles. The fourth-order valence-electron chi connectivity index (χ4n) is 1.51. The van der Waals surface area contributed by atoms with Crippen LogP contribution in [0.1, 0.15) is 26.2 Å². The molecule has 0 aromatic heterocycles. The van der Waals surface area contributed by atoms with Crippen molar-refractivity contribution in [2.75, 3.05) is 6.54 Å². The second kappa shape index (κ2) is 2.95. The third-order valence-corrected chi connectivity index (χ3v) is 2.41. The van der Waals surface area contributed by atoms with Crippen molar-refractivity contribution in [3.63, 3.8) is 0 Å². The predicted molar refractivity (Wildman–Crippen MR) is 37.2 cm³/mol. The highest BCUT2D eigenvalue weighted by Crippen LogP contribution is 2.36. The van der Waals surface area contributed by atoms with E-state index in [4.69, 9.17) is 0 Å². The van der Waals surface area contributed by atoms with Crippen molar-refractivity contribution in [2.45, 2.75) is 26.2 Å². The lowest BCUT2D eigenvalue weighted by Gasteiger charge is -2.33. The molecule has 9 heavy (non-hydrogen) atoms. The van der Waals surface area contributed by atoms with Crippen LogP contribution in [-0.2, 0) is 0 Å². The maximum atomic E-state index is 9.82. The first kappa shape index (κ1) is 6.72. The van der Waals surface area contributed by atoms with Crippen LogP contribution >= 0.6 is 0 Å². The zero-order chi connectivity index (χ0) is 6.69. The molecule has 1 saturated carbocycles. The topological polar surface area (TPSA) is 29.4 Å². The van der Waals surface area contributed by atoms with E-state index in [1.807, 2.05) is 0 Å². The highest BCUT2D eigenvalue weighted by molar-refractivity contribution is 4.80. The van der Waals surface area contributed by atoms with Gasteiger partial charge in [-0.15, -0.1) is 0 Å². The van der Waals surface area contributed by atoms with E-state index in [9.17, 15) is 4.91 Å². The van der Waals surface area contributed by atoms with Gasteiger partial charge in [-0.05, 0) is 24.7 Å². The first-order valence-corrected chi connectivity index (χ1v) is 3.67. The van der Waals surface area contributed by atoms with Gasteiger partial charge in [-0.25, -0.2) is 0 Å². The number of hydrogen-bond donors (Lipinski definition) is 0. The van der Waals surface area contributed by atoms with Crippen molar-refractivity contribution >= 4 is 0 Å². The molecule has 0 heterocycles. The van der Waals surface area contributed by atoms with Gasteiger partial charge in [0.25, 0.3) is 0 Å². The summed E-state index contributed by atoms with van der Waals surface area (Å²) in [7, 11) is 0. The van der Waals surface area contributed by atoms with E-state index in [1.165, 1.54) is 19.3 Å². The Bertz CT molecular complexity index is 101. The molecule has 0 spiro atoms. The molecule has 0 saturated heterocycles. The Kier molecular flexibility index (Phi) is 2.20. The molecular formula is C7H13NO. The zero-order valence-electron chi connectivity index (χ0n) is 5.84. The maximum absolute atomic E-state index is 9.82. The molecule has 0 bridgehead atoms. The quantitative estimate of drug-likeness (QED) is 0.534. The number of hydrogen-bond acceptors (Lipinski definition) is 2. The maximum Gasteiger partial charge on any atom is 0.0841 e. The summed E-state index contributed by atoms with van der Waals surface area (Å²) in [6, 6.07) is 0. The van der Waals surface area contributed by atoms with Crippen molar-refractivity contribution < 1.29 is 0 Å². The molecule has 0 aromatic rings. The first-order chi connectivity index (χ1) is 4.38. The average Bonchev–Trinajstić information content (AvgIpc) is 1.82. The van der Waals surface area contributed by atoms with E-state index >= 15 is 0 Å². The minimum Gasteiger partial charge on any atom is -0.151 e. The highest BCUT2D eigenvalue weighted by atomic mass is 16.3. The standard InChI is InChI=1S/C7H13NO/c1-2-6-3-4-7(6)5-8-9/h6-7H,2-5H2,1H3. The van der Waals surface area contributed by atoms with Crippen LogP contribution in [0.3, 0.4) is 0 Å². The van der Waals surface area contributed by atoms with E-state index in [2.05, 4.69) is 12.1 Å². The summed E-state index contributed by atoms with van der Waals surface area (Å²) in [5.74, 6) is 1.44. The summed E-state index contributed by atoms with van der Waals surface area (Å²) in [5.41, 5.74) is 0. The number of nitrogens with zero attached hydrogens (tertiary/aromatic N) is 1. The Balaban J connectivity index is 2.18. The SMILES string of the molecule is CCC1CCC1CN=O. The Morgan fingerprint density at radius 2 is 2.11 bits per heavy atom. The Morgan fingerprint density at radius 3 is 2.44 bits per heavy atom. The fourth-order valence-corrected chi connectivity index (χ4v) is 1.51. The van der Waals surface area contributed by atoms with Crippen molar-refractivity contribution in [3.05, 3.63) is 4.91 Å². The van der Waals surface area contributed by atoms with Gasteiger partial charge in [-0.3, -0.25) is 0 Å². The lowest BCUT2D eigenvalue weighted by Crippen LogP contribution is -2.27. The molecule has 1 rings (SSSR count). The first-order valence-electron chi connectivity index (χ1n) is 3.67. The lowest BCUT2D eigenvalue weighted by molar-refractivity contribution is 0.178. The fraction of sp³-hybridized carbons (Fsp3) is 1.00. The van der Waals surface area contributed by atoms with Gasteiger partial charge < -0.3 is 0 Å². The summed E-state index contributed by atoms with van der Waals surface area (Å²) in [6.07, 6.45) is 3.76. The van der Waals surface area contributed by atoms with Crippen LogP contribution in [0.2, 0.25) is 0 Å². The highest BCUT2D eigenvalue weighted by Gasteiger charge is 2.28. The molecule has 0 aromatic carbocycles. The normalized spacial score (nSPS) is 33.4. The minimum atomic E-state index is 0.554. The van der Waals surface area contributed by atoms with Crippen molar-refractivity contribution in [1.29, 1.82) is 0 Å². The Labute approximate surface area is 55.6 Å². The lowest BCUT2D eigenvalue weighted by atomic mass is 9.72. The monoisotopic (exact) mass is 127 g/mol. The van der Waals surface area contributed by atoms with Crippen molar-refractivity contribution in [3.8, 4) is 0 Å². The molecule has 0 radical (unpaired) electrons. The zero-order valence-corrected chi connectivity index (χ0v) is 5.84. The van der Waals surface area contributed by atoms with Gasteiger partial charge in [0.1, 0.15) is 0 Å². The molecule has 2 unspecified atom stereocenters. The van der Waals surface area contributed by atoms with E-state index in [0.717, 1.165) is 5.92 Å². The van der Waals surface area contributed by atoms with Crippen LogP contribution in [0, 0.1) is 16.7 Å². The van der Waals surface area contributed by atoms with Crippen molar-refractivity contribution in [2.24, 2.45) is 17.0 Å². The smallest absolute Gasteiger partial charge is 0.0841 e. The van der Waals surface area contributed by atoms with Crippen LogP contribution in [0.5, 0.6) is 0 Å². The van der Waals surface area contributed by atoms with E-state index in [0.29, 0.717) is 12.5 Å². The van der Waals surface area contributed by atoms with Gasteiger partial charge in [0, 0.05) is 0 Å². The number of nitroso groups, excluding NO2 is 1. The van der Waals surface area contributed by atoms with Crippen LogP contribution < -0.4 is 0 Å². The van der Waals surface area contributed by atoms with Gasteiger partial charge in [0.2, 0.25) is 0 Å². The van der Waals surface area contributed by atoms with Crippen LogP contribution in [-0.4, -0.2) is 6.54 Å². The van der Waals surface area contributed by atoms with Crippen LogP contribution in [0.15, 0.2) is 5.18 Å². The second-order valence-electron chi connectivity index (χ2n) is 2.82. The Hall–Kier alpha value is -0.400. The van der Waals surface area contributed by atoms with E-state index in [1.54, 1.807) is 0 Å². The summed E-state index contributed by atoms with van der Waals surface area (Å²) < 4.78 is 0. The third kappa shape index (κ3) is 1.29. The van der Waals surface area contributed by atoms with Gasteiger partial charge in [-0.2, -0.15) is 4.91 Å². The summed E-state index contributed by atoms with van der Waals surface area (Å²) >= 11 is 0. The average molecular weight is 127 g/mol. The molecule has 0 amide bonds. The molecule has 1 aliphatic rings. The van der Waals surface area contributed by atoms with Gasteiger partial charge >= 0.3 is 0 Å². The van der Waals surface area contributed by atoms with Gasteiger partial charge in [0.05, 0.1) is 6.54 Å². The number of rotatable bonds is 3. The van der Waals surface area contributed by atoms with Crippen LogP contribution in [0.25, 0.3) is 0 Å². The molecule has 2 atom stereocenters. The predicted octanol–water partition coefficient (Wildman–Crippen LogP) is 2.19. The Morgan fingerprint density at radius 1 is 1.44 bits per heavy atom. The third-order valence-electron chi connectivity index (χ3n) is 2.41. The molecule has 2 nitrogen and oxygen atoms in total. The molecule has 1 fully saturated rings. The van der Waals surface area contributed by atoms with Crippen molar-refractivity contribution in [1.82, 2.24) is 0 Å². The molecule has 52 valence electrons. The summed E-state index contributed by atoms with van der Waals surface area (Å²) in [6.45, 7) is 2.74. The van der Waals surface area contributed by atoms with Gasteiger partial charge in [0.15, 0.2) is 0 Å². The summed E-state index contributed by atoms with van der Waals surface area (Å²) in [4.78, 5) is 9.82. The summed E-state index contributed by atoms with van der Waals surface area (Å²) in [5, 5.41) is 2.91. The second-order valence-corrected chi connectivity index (χ2v) is 2.82. The largest absolute Gasteiger partial charge is 0.151 e. The van der Waals surface area contributed by atoms with Crippen LogP contribution in [0.4, 0.5) is 0 Å². The molecule has 0 N–H and O–H groups in total. The molecule has 0 aliphatic heterocycles. The van der Waals surface area contributed by atoms with E-state index in [-0.39, 0.29) is 0 Å². The van der Waals surface area contributed by atoms with E-state index < -0.39 is 0 Å². The minimum absolute atomic E-state index is 0.554.